The molecule has 0 saturated carbocycles. The third-order valence-electron chi connectivity index (χ3n) is 7.17. The molecule has 2 amide bonds. The molecule has 0 saturated heterocycles. The summed E-state index contributed by atoms with van der Waals surface area (Å²) in [4.78, 5) is 64.9. The number of carbonyl (C=O) groups is 4. The molecule has 61 heavy (non-hydrogen) atoms. The van der Waals surface area contributed by atoms with Crippen LogP contribution in [0.4, 0.5) is 45.5 Å². The minimum absolute atomic E-state index is 0. The number of ketones is 2. The number of Topliss-reactive ketones (excluding diaryl/α,β-unsaturated/α-hetero) is 2. The average molecular weight is 1010 g/mol. The fraction of sp³-hybridized carbons (Fsp3) is 0.176. The van der Waals surface area contributed by atoms with Gasteiger partial charge in [0.25, 0.3) is 11.4 Å². The predicted octanol–water partition coefficient (Wildman–Crippen LogP) is 5.30. The number of carbonyl (C=O) groups excluding carboxylic acids is 4. The second-order valence-electron chi connectivity index (χ2n) is 11.7. The second kappa shape index (κ2) is 22.7. The molecule has 0 radical (unpaired) electrons. The molecule has 0 aliphatic heterocycles. The number of nitrogens with one attached hydrogen (secondary N) is 2. The van der Waals surface area contributed by atoms with Crippen LogP contribution in [0.1, 0.15) is 26.7 Å². The van der Waals surface area contributed by atoms with E-state index in [0.29, 0.717) is 0 Å². The van der Waals surface area contributed by atoms with Crippen LogP contribution in [0.2, 0.25) is 0 Å². The summed E-state index contributed by atoms with van der Waals surface area (Å²) in [5.74, 6) is -1.73. The Labute approximate surface area is 385 Å². The van der Waals surface area contributed by atoms with E-state index in [2.05, 4.69) is 31.1 Å². The van der Waals surface area contributed by atoms with E-state index in [1.807, 2.05) is 0 Å². The molecule has 0 heterocycles. The Morgan fingerprint density at radius 2 is 0.918 bits per heavy atom. The third-order valence-corrected chi connectivity index (χ3v) is 8.94. The van der Waals surface area contributed by atoms with Crippen LogP contribution in [0, 0.1) is 20.2 Å². The molecule has 0 unspecified atom stereocenters. The average Bonchev–Trinajstić information content (AvgIpc) is 3.15. The number of nitro groups is 2. The van der Waals surface area contributed by atoms with Crippen molar-refractivity contribution in [3.63, 3.8) is 0 Å². The Balaban J connectivity index is 0.000000413. The maximum absolute atomic E-state index is 12.0. The number of ether oxygens (including phenoxy) is 2. The van der Waals surface area contributed by atoms with Gasteiger partial charge in [-0.25, -0.2) is 16.8 Å². The number of benzene rings is 4. The van der Waals surface area contributed by atoms with E-state index >= 15 is 0 Å². The van der Waals surface area contributed by atoms with Gasteiger partial charge in [0.2, 0.25) is 11.8 Å². The van der Waals surface area contributed by atoms with E-state index in [9.17, 15) is 65.3 Å². The number of non-ortho nitro benzene ring substituents is 2. The number of nitrogens with zero attached hydrogens (tertiary/aromatic N) is 6. The van der Waals surface area contributed by atoms with Crippen LogP contribution in [-0.2, 0) is 39.4 Å². The molecule has 0 aromatic heterocycles. The maximum atomic E-state index is 12.0. The first kappa shape index (κ1) is 51.3. The number of amides is 2. The molecular formula is C34H30BaN8O16S2. The van der Waals surface area contributed by atoms with Crippen molar-refractivity contribution in [1.29, 1.82) is 0 Å². The van der Waals surface area contributed by atoms with Crippen molar-refractivity contribution in [3.8, 4) is 11.5 Å². The van der Waals surface area contributed by atoms with Crippen molar-refractivity contribution in [2.45, 2.75) is 36.5 Å². The number of hydrogen-bond donors (Lipinski definition) is 2. The fourth-order valence-electron chi connectivity index (χ4n) is 4.65. The summed E-state index contributed by atoms with van der Waals surface area (Å²) in [5, 5.41) is 41.7. The van der Waals surface area contributed by atoms with Gasteiger partial charge in [-0.2, -0.15) is 0 Å². The van der Waals surface area contributed by atoms with Crippen LogP contribution in [0.5, 0.6) is 11.5 Å². The summed E-state index contributed by atoms with van der Waals surface area (Å²) in [6.45, 7) is 2.46. The molecule has 0 aliphatic rings. The summed E-state index contributed by atoms with van der Waals surface area (Å²) in [6.07, 6.45) is -0.809. The molecule has 0 fully saturated rings. The number of methoxy groups -OCH3 is 2. The summed E-state index contributed by atoms with van der Waals surface area (Å²) in [5.41, 5.74) is -2.06. The molecule has 24 nitrogen and oxygen atoms in total. The molecule has 2 N–H and O–H groups in total. The van der Waals surface area contributed by atoms with Crippen LogP contribution in [0.25, 0.3) is 0 Å². The van der Waals surface area contributed by atoms with Crippen LogP contribution in [0.3, 0.4) is 0 Å². The van der Waals surface area contributed by atoms with E-state index in [1.165, 1.54) is 64.5 Å². The number of para-hydroxylation sites is 2. The molecule has 0 bridgehead atoms. The smallest absolute Gasteiger partial charge is 0.744 e. The standard InChI is InChI=1S/2C17H16N4O8S.Ba/c2*1-10(22)8-16(23)18-17-12(4-3-5-14(17)29-2)19-20-13-9-11(21(24)25)6-7-15(13)30(26,27)28;/h2*3-7,9H,8H2,1-2H3,(H,18,23)(H,26,27,28);/q;;+2/p-2. The Bertz CT molecular complexity index is 2480. The Morgan fingerprint density at radius 3 is 1.20 bits per heavy atom. The van der Waals surface area contributed by atoms with Crippen LogP contribution in [-0.4, -0.2) is 122 Å². The largest absolute Gasteiger partial charge is 2.00 e. The zero-order valence-corrected chi connectivity index (χ0v) is 38.2. The van der Waals surface area contributed by atoms with Gasteiger partial charge in [-0.15, -0.1) is 20.5 Å². The zero-order chi connectivity index (χ0) is 44.9. The first-order valence-electron chi connectivity index (χ1n) is 16.3. The fourth-order valence-corrected chi connectivity index (χ4v) is 5.83. The third kappa shape index (κ3) is 15.3. The van der Waals surface area contributed by atoms with Gasteiger partial charge < -0.3 is 29.2 Å². The molecule has 316 valence electrons. The van der Waals surface area contributed by atoms with E-state index in [1.54, 1.807) is 0 Å². The van der Waals surface area contributed by atoms with Crippen LogP contribution in [0.15, 0.2) is 103 Å². The molecule has 4 rings (SSSR count). The van der Waals surface area contributed by atoms with Gasteiger partial charge in [0.15, 0.2) is 0 Å². The summed E-state index contributed by atoms with van der Waals surface area (Å²) < 4.78 is 78.8. The van der Waals surface area contributed by atoms with Gasteiger partial charge in [-0.1, -0.05) is 12.1 Å². The molecule has 4 aromatic rings. The van der Waals surface area contributed by atoms with Crippen molar-refractivity contribution in [1.82, 2.24) is 0 Å². The number of rotatable bonds is 16. The van der Waals surface area contributed by atoms with Crippen molar-refractivity contribution < 1.29 is 64.4 Å². The van der Waals surface area contributed by atoms with Gasteiger partial charge >= 0.3 is 48.9 Å². The summed E-state index contributed by atoms with van der Waals surface area (Å²) >= 11 is 0. The number of azo groups is 2. The quantitative estimate of drug-likeness (QED) is 0.0359. The first-order valence-corrected chi connectivity index (χ1v) is 19.1. The Hall–Kier alpha value is -5.85. The van der Waals surface area contributed by atoms with Gasteiger partial charge in [0.05, 0.1) is 46.7 Å². The molecule has 0 spiro atoms. The Kier molecular flexibility index (Phi) is 19.1. The molecule has 4 aromatic carbocycles. The second-order valence-corrected chi connectivity index (χ2v) is 14.4. The molecule has 0 atom stereocenters. The van der Waals surface area contributed by atoms with Crippen LogP contribution >= 0.6 is 0 Å². The van der Waals surface area contributed by atoms with E-state index < -0.39 is 87.3 Å². The number of hydrogen-bond acceptors (Lipinski definition) is 20. The van der Waals surface area contributed by atoms with Gasteiger partial charge in [-0.3, -0.25) is 39.4 Å². The minimum Gasteiger partial charge on any atom is -0.744 e. The predicted molar refractivity (Wildman–Crippen MR) is 210 cm³/mol. The Morgan fingerprint density at radius 1 is 0.590 bits per heavy atom. The SMILES string of the molecule is COc1cccc(N=Nc2cc([N+](=O)[O-])ccc2S(=O)(=O)[O-])c1NC(=O)CC(C)=O.COc1cccc(N=Nc2cc([N+](=O)[O-])ccc2S(=O)(=O)[O-])c1NC(=O)CC(C)=O.[Ba+2]. The van der Waals surface area contributed by atoms with E-state index in [-0.39, 0.29) is 94.7 Å². The van der Waals surface area contributed by atoms with Crippen molar-refractivity contribution in [2.24, 2.45) is 20.5 Å². The van der Waals surface area contributed by atoms with Crippen molar-refractivity contribution in [2.75, 3.05) is 24.9 Å². The van der Waals surface area contributed by atoms with Gasteiger partial charge in [0.1, 0.15) is 77.4 Å². The van der Waals surface area contributed by atoms with E-state index in [0.717, 1.165) is 36.4 Å². The topological polar surface area (TPSA) is 361 Å². The number of nitro benzene ring substituents is 2. The number of anilines is 2. The normalized spacial score (nSPS) is 11.1. The molecular weight excluding hydrogens is 978 g/mol. The molecule has 27 heteroatoms. The monoisotopic (exact) mass is 1010 g/mol. The minimum atomic E-state index is -4.99. The van der Waals surface area contributed by atoms with Crippen LogP contribution < -0.4 is 20.1 Å². The first-order chi connectivity index (χ1) is 28.0. The molecule has 0 aliphatic carbocycles. The summed E-state index contributed by atoms with van der Waals surface area (Å²) in [6, 6.07) is 13.5. The van der Waals surface area contributed by atoms with Crippen molar-refractivity contribution in [3.05, 3.63) is 93.0 Å². The van der Waals surface area contributed by atoms with Crippen molar-refractivity contribution >= 4 is 138 Å². The maximum Gasteiger partial charge on any atom is 2.00 e. The van der Waals surface area contributed by atoms with Gasteiger partial charge in [-0.05, 0) is 50.2 Å². The zero-order valence-electron chi connectivity index (χ0n) is 32.1. The van der Waals surface area contributed by atoms with E-state index in [4.69, 9.17) is 9.47 Å². The summed E-state index contributed by atoms with van der Waals surface area (Å²) in [7, 11) is -7.35. The van der Waals surface area contributed by atoms with Gasteiger partial charge in [0, 0.05) is 24.3 Å².